The number of nitrogens with one attached hydrogen (secondary N) is 1. The molecule has 0 fully saturated rings. The summed E-state index contributed by atoms with van der Waals surface area (Å²) in [5, 5.41) is 8.06. The van der Waals surface area contributed by atoms with E-state index in [1.807, 2.05) is 49.4 Å². The Bertz CT molecular complexity index is 997. The Kier molecular flexibility index (Phi) is 3.63. The molecule has 4 rings (SSSR count). The highest BCUT2D eigenvalue weighted by atomic mass is 35.5. The highest BCUT2D eigenvalue weighted by Gasteiger charge is 2.14. The fraction of sp³-hybridized carbons (Fsp3) is 0.0556. The molecule has 1 aromatic carbocycles. The number of benzene rings is 1. The van der Waals surface area contributed by atoms with E-state index < -0.39 is 0 Å². The summed E-state index contributed by atoms with van der Waals surface area (Å²) < 4.78 is 5.45. The zero-order valence-electron chi connectivity index (χ0n) is 12.8. The number of rotatable bonds is 3. The van der Waals surface area contributed by atoms with Crippen LogP contribution in [0.25, 0.3) is 22.4 Å². The number of aryl methyl sites for hydroxylation is 1. The van der Waals surface area contributed by atoms with Crippen molar-refractivity contribution >= 4 is 34.1 Å². The van der Waals surface area contributed by atoms with Crippen molar-refractivity contribution in [3.63, 3.8) is 0 Å². The van der Waals surface area contributed by atoms with Crippen LogP contribution in [0.5, 0.6) is 0 Å². The summed E-state index contributed by atoms with van der Waals surface area (Å²) in [6.45, 7) is 1.87. The first-order chi connectivity index (χ1) is 11.7. The molecule has 0 aliphatic carbocycles. The minimum Gasteiger partial charge on any atom is -0.352 e. The molecule has 0 aliphatic heterocycles. The number of halogens is 1. The van der Waals surface area contributed by atoms with Gasteiger partial charge in [-0.05, 0) is 49.4 Å². The third kappa shape index (κ3) is 2.70. The molecule has 0 spiro atoms. The van der Waals surface area contributed by atoms with E-state index in [9.17, 15) is 0 Å². The quantitative estimate of drug-likeness (QED) is 0.571. The highest BCUT2D eigenvalue weighted by Crippen LogP contribution is 2.31. The van der Waals surface area contributed by atoms with Crippen molar-refractivity contribution in [1.29, 1.82) is 0 Å². The number of anilines is 2. The summed E-state index contributed by atoms with van der Waals surface area (Å²) in [6.07, 6.45) is 3.52. The van der Waals surface area contributed by atoms with Crippen molar-refractivity contribution in [2.75, 3.05) is 5.32 Å². The van der Waals surface area contributed by atoms with E-state index in [0.717, 1.165) is 33.8 Å². The number of pyridine rings is 2. The Morgan fingerprint density at radius 1 is 1.12 bits per heavy atom. The average Bonchev–Trinajstić information content (AvgIpc) is 2.99. The van der Waals surface area contributed by atoms with Gasteiger partial charge in [-0.2, -0.15) is 0 Å². The molecule has 5 nitrogen and oxygen atoms in total. The molecule has 1 N–H and O–H groups in total. The Labute approximate surface area is 143 Å². The third-order valence-electron chi connectivity index (χ3n) is 3.67. The van der Waals surface area contributed by atoms with Gasteiger partial charge in [0, 0.05) is 28.7 Å². The van der Waals surface area contributed by atoms with Crippen molar-refractivity contribution in [3.05, 3.63) is 65.6 Å². The van der Waals surface area contributed by atoms with Crippen LogP contribution >= 0.6 is 11.6 Å². The molecule has 3 aromatic heterocycles. The molecule has 0 saturated heterocycles. The molecule has 0 bridgehead atoms. The van der Waals surface area contributed by atoms with Gasteiger partial charge in [0.25, 0.3) is 0 Å². The summed E-state index contributed by atoms with van der Waals surface area (Å²) in [4.78, 5) is 8.82. The van der Waals surface area contributed by atoms with Crippen molar-refractivity contribution in [3.8, 4) is 11.3 Å². The smallest absolute Gasteiger partial charge is 0.208 e. The Morgan fingerprint density at radius 2 is 1.96 bits per heavy atom. The minimum atomic E-state index is 0.620. The maximum absolute atomic E-state index is 5.95. The van der Waals surface area contributed by atoms with E-state index >= 15 is 0 Å². The minimum absolute atomic E-state index is 0.620. The first-order valence-electron chi connectivity index (χ1n) is 7.41. The van der Waals surface area contributed by atoms with E-state index in [4.69, 9.17) is 16.1 Å². The second kappa shape index (κ2) is 5.94. The van der Waals surface area contributed by atoms with E-state index in [2.05, 4.69) is 20.4 Å². The standard InChI is InChI=1S/C18H13ClN4O/c1-11-17-18(24-23-11)16(21-14-6-4-13(19)5-7-14)9-15(22-17)12-3-2-8-20-10-12/h2-10H,1H3,(H,21,22). The molecule has 0 aliphatic rings. The van der Waals surface area contributed by atoms with Crippen molar-refractivity contribution in [2.45, 2.75) is 6.92 Å². The molecular formula is C18H13ClN4O. The van der Waals surface area contributed by atoms with Gasteiger partial charge in [0.2, 0.25) is 5.58 Å². The fourth-order valence-electron chi connectivity index (χ4n) is 2.47. The molecule has 3 heterocycles. The summed E-state index contributed by atoms with van der Waals surface area (Å²) >= 11 is 5.95. The largest absolute Gasteiger partial charge is 0.352 e. The number of aromatic nitrogens is 3. The number of fused-ring (bicyclic) bond motifs is 1. The highest BCUT2D eigenvalue weighted by molar-refractivity contribution is 6.30. The maximum atomic E-state index is 5.95. The van der Waals surface area contributed by atoms with Gasteiger partial charge in [0.05, 0.1) is 11.4 Å². The van der Waals surface area contributed by atoms with Crippen LogP contribution in [-0.2, 0) is 0 Å². The van der Waals surface area contributed by atoms with Gasteiger partial charge in [-0.3, -0.25) is 4.98 Å². The Hall–Kier alpha value is -2.92. The second-order valence-corrected chi connectivity index (χ2v) is 5.81. The maximum Gasteiger partial charge on any atom is 0.208 e. The van der Waals surface area contributed by atoms with Crippen LogP contribution in [0.1, 0.15) is 5.69 Å². The monoisotopic (exact) mass is 336 g/mol. The topological polar surface area (TPSA) is 63.8 Å². The Balaban J connectivity index is 1.85. The predicted molar refractivity (Wildman–Crippen MR) is 94.5 cm³/mol. The third-order valence-corrected chi connectivity index (χ3v) is 3.92. The molecule has 0 unspecified atom stereocenters. The van der Waals surface area contributed by atoms with Crippen LogP contribution in [0.3, 0.4) is 0 Å². The van der Waals surface area contributed by atoms with Gasteiger partial charge in [0.15, 0.2) is 0 Å². The lowest BCUT2D eigenvalue weighted by atomic mass is 10.1. The molecule has 0 atom stereocenters. The van der Waals surface area contributed by atoms with E-state index in [-0.39, 0.29) is 0 Å². The van der Waals surface area contributed by atoms with Crippen molar-refractivity contribution in [1.82, 2.24) is 15.1 Å². The summed E-state index contributed by atoms with van der Waals surface area (Å²) in [7, 11) is 0. The van der Waals surface area contributed by atoms with E-state index in [1.165, 1.54) is 0 Å². The number of nitrogens with zero attached hydrogens (tertiary/aromatic N) is 3. The summed E-state index contributed by atoms with van der Waals surface area (Å²) in [5.74, 6) is 0. The molecule has 0 amide bonds. The van der Waals surface area contributed by atoms with Gasteiger partial charge in [-0.15, -0.1) is 0 Å². The molecular weight excluding hydrogens is 324 g/mol. The molecule has 118 valence electrons. The molecule has 0 saturated carbocycles. The van der Waals surface area contributed by atoms with Crippen LogP contribution in [-0.4, -0.2) is 15.1 Å². The van der Waals surface area contributed by atoms with Gasteiger partial charge in [-0.25, -0.2) is 4.98 Å². The van der Waals surface area contributed by atoms with Crippen LogP contribution in [0.4, 0.5) is 11.4 Å². The predicted octanol–water partition coefficient (Wildman–Crippen LogP) is 4.99. The average molecular weight is 337 g/mol. The van der Waals surface area contributed by atoms with Crippen LogP contribution in [0, 0.1) is 6.92 Å². The van der Waals surface area contributed by atoms with Crippen LogP contribution < -0.4 is 5.32 Å². The zero-order valence-corrected chi connectivity index (χ0v) is 13.6. The second-order valence-electron chi connectivity index (χ2n) is 5.37. The SMILES string of the molecule is Cc1noc2c(Nc3ccc(Cl)cc3)cc(-c3cccnc3)nc12. The van der Waals surface area contributed by atoms with Gasteiger partial charge >= 0.3 is 0 Å². The summed E-state index contributed by atoms with van der Waals surface area (Å²) in [6, 6.07) is 13.2. The lowest BCUT2D eigenvalue weighted by molar-refractivity contribution is 0.451. The number of hydrogen-bond acceptors (Lipinski definition) is 5. The van der Waals surface area contributed by atoms with Crippen LogP contribution in [0.2, 0.25) is 5.02 Å². The molecule has 0 radical (unpaired) electrons. The van der Waals surface area contributed by atoms with Crippen LogP contribution in [0.15, 0.2) is 59.4 Å². The first-order valence-corrected chi connectivity index (χ1v) is 7.78. The fourth-order valence-corrected chi connectivity index (χ4v) is 2.60. The zero-order chi connectivity index (χ0) is 16.5. The number of hydrogen-bond donors (Lipinski definition) is 1. The van der Waals surface area contributed by atoms with Crippen molar-refractivity contribution < 1.29 is 4.52 Å². The molecule has 24 heavy (non-hydrogen) atoms. The van der Waals surface area contributed by atoms with E-state index in [0.29, 0.717) is 10.6 Å². The lowest BCUT2D eigenvalue weighted by Gasteiger charge is -2.09. The lowest BCUT2D eigenvalue weighted by Crippen LogP contribution is -1.94. The first kappa shape index (κ1) is 14.7. The van der Waals surface area contributed by atoms with Gasteiger partial charge in [0.1, 0.15) is 11.2 Å². The van der Waals surface area contributed by atoms with Gasteiger partial charge in [-0.1, -0.05) is 16.8 Å². The summed E-state index contributed by atoms with van der Waals surface area (Å²) in [5.41, 5.74) is 5.52. The van der Waals surface area contributed by atoms with Crippen molar-refractivity contribution in [2.24, 2.45) is 0 Å². The Morgan fingerprint density at radius 3 is 2.71 bits per heavy atom. The van der Waals surface area contributed by atoms with Gasteiger partial charge < -0.3 is 9.84 Å². The molecule has 4 aromatic rings. The normalized spacial score (nSPS) is 10.9. The molecule has 6 heteroatoms. The van der Waals surface area contributed by atoms with E-state index in [1.54, 1.807) is 12.4 Å².